The first-order chi connectivity index (χ1) is 13.8. The maximum atomic E-state index is 12.5. The summed E-state index contributed by atoms with van der Waals surface area (Å²) in [6.07, 6.45) is 5.51. The summed E-state index contributed by atoms with van der Waals surface area (Å²) in [5.74, 6) is -0.898. The van der Waals surface area contributed by atoms with E-state index < -0.39 is 17.5 Å². The third-order valence-electron chi connectivity index (χ3n) is 4.18. The van der Waals surface area contributed by atoms with Gasteiger partial charge in [-0.15, -0.1) is 0 Å². The van der Waals surface area contributed by atoms with Crippen LogP contribution in [0.4, 0.5) is 0 Å². The van der Waals surface area contributed by atoms with Gasteiger partial charge in [0.1, 0.15) is 12.2 Å². The van der Waals surface area contributed by atoms with Crippen molar-refractivity contribution in [3.63, 3.8) is 0 Å². The van der Waals surface area contributed by atoms with Crippen molar-refractivity contribution in [2.45, 2.75) is 52.1 Å². The molecule has 0 heterocycles. The Morgan fingerprint density at radius 1 is 0.897 bits per heavy atom. The monoisotopic (exact) mass is 394 g/mol. The van der Waals surface area contributed by atoms with Crippen molar-refractivity contribution in [2.75, 3.05) is 6.61 Å². The molecule has 154 valence electrons. The van der Waals surface area contributed by atoms with Gasteiger partial charge in [0.25, 0.3) is 0 Å². The molecule has 0 aliphatic heterocycles. The molecule has 0 aliphatic rings. The molecular weight excluding hydrogens is 364 g/mol. The molecule has 2 aromatic rings. The fourth-order valence-corrected chi connectivity index (χ4v) is 2.74. The van der Waals surface area contributed by atoms with E-state index in [-0.39, 0.29) is 6.61 Å². The van der Waals surface area contributed by atoms with E-state index in [1.54, 1.807) is 24.3 Å². The Bertz CT molecular complexity index is 802. The number of unbranched alkanes of at least 4 members (excludes halogenated alkanes) is 2. The van der Waals surface area contributed by atoms with Gasteiger partial charge in [0.15, 0.2) is 0 Å². The molecule has 0 N–H and O–H groups in total. The number of carbonyl (C=O) groups is 2. The predicted octanol–water partition coefficient (Wildman–Crippen LogP) is 5.52. The topological polar surface area (TPSA) is 52.6 Å². The second-order valence-electron chi connectivity index (χ2n) is 7.90. The second kappa shape index (κ2) is 11.2. The lowest BCUT2D eigenvalue weighted by molar-refractivity contribution is -0.150. The number of carbonyl (C=O) groups excluding carboxylic acids is 2. The fourth-order valence-electron chi connectivity index (χ4n) is 2.74. The van der Waals surface area contributed by atoms with E-state index in [0.717, 1.165) is 25.7 Å². The Balaban J connectivity index is 1.91. The molecule has 0 aromatic heterocycles. The van der Waals surface area contributed by atoms with E-state index >= 15 is 0 Å². The van der Waals surface area contributed by atoms with Crippen molar-refractivity contribution in [1.82, 2.24) is 0 Å². The minimum absolute atomic E-state index is 0.0959. The van der Waals surface area contributed by atoms with Crippen LogP contribution in [0.15, 0.2) is 72.3 Å². The molecule has 0 aliphatic carbocycles. The number of allylic oxidation sites excluding steroid dienone is 1. The van der Waals surface area contributed by atoms with E-state index in [4.69, 9.17) is 9.47 Å². The average Bonchev–Trinajstić information content (AvgIpc) is 2.69. The van der Waals surface area contributed by atoms with Crippen molar-refractivity contribution in [1.29, 1.82) is 0 Å². The van der Waals surface area contributed by atoms with Gasteiger partial charge in [0, 0.05) is 0 Å². The lowest BCUT2D eigenvalue weighted by atomic mass is 10.1. The van der Waals surface area contributed by atoms with Gasteiger partial charge >= 0.3 is 11.9 Å². The van der Waals surface area contributed by atoms with Crippen LogP contribution in [0.2, 0.25) is 0 Å². The van der Waals surface area contributed by atoms with Crippen LogP contribution in [-0.4, -0.2) is 24.1 Å². The predicted molar refractivity (Wildman–Crippen MR) is 115 cm³/mol. The van der Waals surface area contributed by atoms with Crippen molar-refractivity contribution in [2.24, 2.45) is 0 Å². The lowest BCUT2D eigenvalue weighted by Crippen LogP contribution is -2.26. The third-order valence-corrected chi connectivity index (χ3v) is 4.18. The molecule has 29 heavy (non-hydrogen) atoms. The zero-order valence-electron chi connectivity index (χ0n) is 17.5. The molecule has 4 heteroatoms. The van der Waals surface area contributed by atoms with Crippen LogP contribution in [-0.2, 0) is 20.7 Å². The van der Waals surface area contributed by atoms with Gasteiger partial charge in [-0.2, -0.15) is 0 Å². The van der Waals surface area contributed by atoms with Crippen LogP contribution >= 0.6 is 0 Å². The zero-order valence-corrected chi connectivity index (χ0v) is 17.5. The van der Waals surface area contributed by atoms with Gasteiger partial charge in [-0.25, -0.2) is 9.59 Å². The molecule has 0 atom stereocenters. The molecule has 0 radical (unpaired) electrons. The molecule has 0 spiro atoms. The normalized spacial score (nSPS) is 11.8. The van der Waals surface area contributed by atoms with Gasteiger partial charge in [-0.1, -0.05) is 54.6 Å². The molecule has 0 bridgehead atoms. The number of hydrogen-bond acceptors (Lipinski definition) is 4. The first-order valence-corrected chi connectivity index (χ1v) is 10.0. The SMILES string of the molecule is CC(C)(C)OC(=O)C(=CCCCCc1ccccc1)COC(=O)c1ccccc1. The van der Waals surface area contributed by atoms with E-state index in [2.05, 4.69) is 12.1 Å². The highest BCUT2D eigenvalue weighted by molar-refractivity contribution is 5.92. The number of benzene rings is 2. The van der Waals surface area contributed by atoms with E-state index in [1.165, 1.54) is 5.56 Å². The number of aryl methyl sites for hydroxylation is 1. The highest BCUT2D eigenvalue weighted by Crippen LogP contribution is 2.14. The summed E-state index contributed by atoms with van der Waals surface area (Å²) in [5.41, 5.74) is 1.54. The van der Waals surface area contributed by atoms with Crippen LogP contribution in [0.5, 0.6) is 0 Å². The van der Waals surface area contributed by atoms with Gasteiger partial charge in [-0.05, 0) is 64.2 Å². The van der Waals surface area contributed by atoms with Gasteiger partial charge < -0.3 is 9.47 Å². The van der Waals surface area contributed by atoms with Crippen molar-refractivity contribution >= 4 is 11.9 Å². The van der Waals surface area contributed by atoms with Gasteiger partial charge in [-0.3, -0.25) is 0 Å². The Kier molecular flexibility index (Phi) is 8.66. The van der Waals surface area contributed by atoms with Crippen LogP contribution < -0.4 is 0 Å². The van der Waals surface area contributed by atoms with Gasteiger partial charge in [0.2, 0.25) is 0 Å². The minimum Gasteiger partial charge on any atom is -0.457 e. The molecule has 0 saturated heterocycles. The average molecular weight is 395 g/mol. The lowest BCUT2D eigenvalue weighted by Gasteiger charge is -2.20. The first-order valence-electron chi connectivity index (χ1n) is 10.0. The van der Waals surface area contributed by atoms with Crippen LogP contribution in [0.1, 0.15) is 56.0 Å². The quantitative estimate of drug-likeness (QED) is 0.319. The summed E-state index contributed by atoms with van der Waals surface area (Å²) in [5, 5.41) is 0. The summed E-state index contributed by atoms with van der Waals surface area (Å²) in [6.45, 7) is 5.36. The molecule has 2 aromatic carbocycles. The molecular formula is C25H30O4. The van der Waals surface area contributed by atoms with E-state index in [0.29, 0.717) is 11.1 Å². The van der Waals surface area contributed by atoms with Crippen LogP contribution in [0.3, 0.4) is 0 Å². The Morgan fingerprint density at radius 3 is 2.14 bits per heavy atom. The molecule has 0 amide bonds. The molecule has 2 rings (SSSR count). The van der Waals surface area contributed by atoms with Crippen molar-refractivity contribution in [3.05, 3.63) is 83.4 Å². The summed E-state index contributed by atoms with van der Waals surface area (Å²) in [7, 11) is 0. The smallest absolute Gasteiger partial charge is 0.338 e. The number of esters is 2. The largest absolute Gasteiger partial charge is 0.457 e. The summed E-state index contributed by atoms with van der Waals surface area (Å²) >= 11 is 0. The summed E-state index contributed by atoms with van der Waals surface area (Å²) in [4.78, 5) is 24.7. The number of rotatable bonds is 9. The summed E-state index contributed by atoms with van der Waals surface area (Å²) in [6, 6.07) is 19.1. The fraction of sp³-hybridized carbons (Fsp3) is 0.360. The highest BCUT2D eigenvalue weighted by atomic mass is 16.6. The third kappa shape index (κ3) is 8.77. The standard InChI is InChI=1S/C25H30O4/c1-25(2,3)29-24(27)22(19-28-23(26)21-16-10-6-11-17-21)18-12-5-9-15-20-13-7-4-8-14-20/h4,6-8,10-11,13-14,16-18H,5,9,12,15,19H2,1-3H3. The highest BCUT2D eigenvalue weighted by Gasteiger charge is 2.21. The minimum atomic E-state index is -0.604. The molecule has 0 fully saturated rings. The van der Waals surface area contributed by atoms with Crippen molar-refractivity contribution < 1.29 is 19.1 Å². The molecule has 4 nitrogen and oxygen atoms in total. The maximum absolute atomic E-state index is 12.5. The van der Waals surface area contributed by atoms with E-state index in [1.807, 2.05) is 51.1 Å². The second-order valence-corrected chi connectivity index (χ2v) is 7.90. The number of ether oxygens (including phenoxy) is 2. The molecule has 0 saturated carbocycles. The zero-order chi connectivity index (χ0) is 21.1. The maximum Gasteiger partial charge on any atom is 0.338 e. The van der Waals surface area contributed by atoms with Crippen molar-refractivity contribution in [3.8, 4) is 0 Å². The Morgan fingerprint density at radius 2 is 1.52 bits per heavy atom. The summed E-state index contributed by atoms with van der Waals surface area (Å²) < 4.78 is 10.8. The number of hydrogen-bond donors (Lipinski definition) is 0. The van der Waals surface area contributed by atoms with E-state index in [9.17, 15) is 9.59 Å². The van der Waals surface area contributed by atoms with Crippen LogP contribution in [0.25, 0.3) is 0 Å². The van der Waals surface area contributed by atoms with Crippen LogP contribution in [0, 0.1) is 0 Å². The Hall–Kier alpha value is -2.88. The van der Waals surface area contributed by atoms with Gasteiger partial charge in [0.05, 0.1) is 11.1 Å². The first kappa shape index (κ1) is 22.4. The Labute approximate surface area is 173 Å². The molecule has 0 unspecified atom stereocenters.